The molecule has 1 rings (SSSR count). The van der Waals surface area contributed by atoms with Crippen LogP contribution in [0.4, 0.5) is 0 Å². The van der Waals surface area contributed by atoms with Crippen LogP contribution in [-0.2, 0) is 17.9 Å². The Labute approximate surface area is 109 Å². The van der Waals surface area contributed by atoms with E-state index in [9.17, 15) is 0 Å². The fraction of sp³-hybridized carbons (Fsp3) is 0.714. The molecule has 0 aliphatic heterocycles. The molecule has 17 heavy (non-hydrogen) atoms. The van der Waals surface area contributed by atoms with Crippen LogP contribution in [0, 0.1) is 6.92 Å². The van der Waals surface area contributed by atoms with E-state index in [1.54, 1.807) is 0 Å². The summed E-state index contributed by atoms with van der Waals surface area (Å²) in [7, 11) is 0. The second kappa shape index (κ2) is 8.67. The van der Waals surface area contributed by atoms with Gasteiger partial charge in [-0.15, -0.1) is 11.3 Å². The molecular weight excluding hydrogens is 230 g/mol. The molecule has 1 N–H and O–H groups in total. The zero-order valence-electron chi connectivity index (χ0n) is 11.3. The molecule has 0 radical (unpaired) electrons. The van der Waals surface area contributed by atoms with Crippen molar-refractivity contribution in [3.8, 4) is 0 Å². The van der Waals surface area contributed by atoms with Gasteiger partial charge in [-0.3, -0.25) is 0 Å². The Hall–Kier alpha value is -0.380. The van der Waals surface area contributed by atoms with Crippen molar-refractivity contribution >= 4 is 11.3 Å². The van der Waals surface area contributed by atoms with Crippen molar-refractivity contribution in [2.45, 2.75) is 53.2 Å². The van der Waals surface area contributed by atoms with Crippen LogP contribution in [0.25, 0.3) is 0 Å². The Morgan fingerprint density at radius 2 is 2.12 bits per heavy atom. The number of unbranched alkanes of at least 4 members (excludes halogenated alkanes) is 1. The Bertz CT molecular complexity index is 309. The molecule has 1 heterocycles. The average Bonchev–Trinajstić information content (AvgIpc) is 2.66. The highest BCUT2D eigenvalue weighted by atomic mass is 32.1. The lowest BCUT2D eigenvalue weighted by Crippen LogP contribution is -2.12. The van der Waals surface area contributed by atoms with Crippen molar-refractivity contribution in [3.05, 3.63) is 21.4 Å². The maximum Gasteiger partial charge on any atom is 0.0727 e. The van der Waals surface area contributed by atoms with E-state index in [1.165, 1.54) is 28.2 Å². The molecule has 0 saturated carbocycles. The highest BCUT2D eigenvalue weighted by Gasteiger charge is 2.05. The lowest BCUT2D eigenvalue weighted by atomic mass is 10.2. The van der Waals surface area contributed by atoms with Gasteiger partial charge in [0.2, 0.25) is 0 Å². The summed E-state index contributed by atoms with van der Waals surface area (Å²) in [6.45, 7) is 10.3. The first-order valence-corrected chi connectivity index (χ1v) is 7.46. The fourth-order valence-electron chi connectivity index (χ4n) is 1.63. The number of rotatable bonds is 9. The number of hydrogen-bond donors (Lipinski definition) is 1. The van der Waals surface area contributed by atoms with Crippen LogP contribution in [0.1, 0.15) is 48.4 Å². The smallest absolute Gasteiger partial charge is 0.0727 e. The first-order chi connectivity index (χ1) is 8.27. The van der Waals surface area contributed by atoms with Crippen molar-refractivity contribution in [2.75, 3.05) is 13.2 Å². The van der Waals surface area contributed by atoms with E-state index in [2.05, 4.69) is 32.2 Å². The molecule has 0 aliphatic rings. The van der Waals surface area contributed by atoms with Gasteiger partial charge in [0, 0.05) is 22.9 Å². The highest BCUT2D eigenvalue weighted by Crippen LogP contribution is 2.22. The van der Waals surface area contributed by atoms with Crippen molar-refractivity contribution in [1.82, 2.24) is 5.32 Å². The fourth-order valence-corrected chi connectivity index (χ4v) is 2.65. The zero-order chi connectivity index (χ0) is 12.5. The van der Waals surface area contributed by atoms with Crippen LogP contribution in [0.5, 0.6) is 0 Å². The number of nitrogens with one attached hydrogen (secondary N) is 1. The Morgan fingerprint density at radius 1 is 1.29 bits per heavy atom. The molecule has 2 nitrogen and oxygen atoms in total. The summed E-state index contributed by atoms with van der Waals surface area (Å²) in [5.74, 6) is 0. The van der Waals surface area contributed by atoms with Crippen molar-refractivity contribution < 1.29 is 4.74 Å². The van der Waals surface area contributed by atoms with Gasteiger partial charge in [-0.2, -0.15) is 0 Å². The first kappa shape index (κ1) is 14.7. The lowest BCUT2D eigenvalue weighted by Gasteiger charge is -2.02. The minimum Gasteiger partial charge on any atom is -0.377 e. The van der Waals surface area contributed by atoms with Gasteiger partial charge >= 0.3 is 0 Å². The predicted molar refractivity (Wildman–Crippen MR) is 75.6 cm³/mol. The SMILES string of the molecule is CCCCOCc1cc(CNCCC)sc1C. The first-order valence-electron chi connectivity index (χ1n) is 6.64. The number of ether oxygens (including phenoxy) is 1. The third kappa shape index (κ3) is 5.66. The summed E-state index contributed by atoms with van der Waals surface area (Å²) in [4.78, 5) is 2.82. The van der Waals surface area contributed by atoms with E-state index in [1.807, 2.05) is 11.3 Å². The van der Waals surface area contributed by atoms with Gasteiger partial charge in [0.25, 0.3) is 0 Å². The standard InChI is InChI=1S/C14H25NOS/c1-4-6-8-16-11-13-9-14(17-12(13)3)10-15-7-5-2/h9,15H,4-8,10-11H2,1-3H3. The van der Waals surface area contributed by atoms with E-state index in [-0.39, 0.29) is 0 Å². The molecule has 0 atom stereocenters. The monoisotopic (exact) mass is 255 g/mol. The van der Waals surface area contributed by atoms with Crippen LogP contribution in [0.3, 0.4) is 0 Å². The zero-order valence-corrected chi connectivity index (χ0v) is 12.2. The maximum atomic E-state index is 5.67. The summed E-state index contributed by atoms with van der Waals surface area (Å²) in [6, 6.07) is 2.29. The molecule has 1 aromatic rings. The van der Waals surface area contributed by atoms with Crippen molar-refractivity contribution in [1.29, 1.82) is 0 Å². The highest BCUT2D eigenvalue weighted by molar-refractivity contribution is 7.12. The summed E-state index contributed by atoms with van der Waals surface area (Å²) < 4.78 is 5.67. The predicted octanol–water partition coefficient (Wildman–Crippen LogP) is 3.87. The van der Waals surface area contributed by atoms with Crippen LogP contribution in [0.15, 0.2) is 6.07 Å². The molecule has 0 fully saturated rings. The van der Waals surface area contributed by atoms with E-state index in [4.69, 9.17) is 4.74 Å². The molecule has 1 aromatic heterocycles. The van der Waals surface area contributed by atoms with Crippen LogP contribution < -0.4 is 5.32 Å². The molecule has 0 spiro atoms. The molecule has 98 valence electrons. The van der Waals surface area contributed by atoms with E-state index < -0.39 is 0 Å². The van der Waals surface area contributed by atoms with Gasteiger partial charge in [-0.1, -0.05) is 20.3 Å². The quantitative estimate of drug-likeness (QED) is 0.676. The average molecular weight is 255 g/mol. The third-order valence-electron chi connectivity index (χ3n) is 2.70. The van der Waals surface area contributed by atoms with E-state index in [0.717, 1.165) is 32.7 Å². The van der Waals surface area contributed by atoms with Gasteiger partial charge in [0.15, 0.2) is 0 Å². The molecular formula is C14H25NOS. The number of aryl methyl sites for hydroxylation is 1. The Kier molecular flexibility index (Phi) is 7.49. The van der Waals surface area contributed by atoms with Gasteiger partial charge in [0.1, 0.15) is 0 Å². The number of hydrogen-bond acceptors (Lipinski definition) is 3. The second-order valence-electron chi connectivity index (χ2n) is 4.38. The topological polar surface area (TPSA) is 21.3 Å². The van der Waals surface area contributed by atoms with Crippen molar-refractivity contribution in [3.63, 3.8) is 0 Å². The minimum atomic E-state index is 0.774. The summed E-state index contributed by atoms with van der Waals surface area (Å²) >= 11 is 1.89. The Balaban J connectivity index is 2.33. The normalized spacial score (nSPS) is 11.0. The van der Waals surface area contributed by atoms with Crippen molar-refractivity contribution in [2.24, 2.45) is 0 Å². The van der Waals surface area contributed by atoms with Gasteiger partial charge in [-0.05, 0) is 37.9 Å². The summed E-state index contributed by atoms with van der Waals surface area (Å²) in [6.07, 6.45) is 3.56. The molecule has 3 heteroatoms. The third-order valence-corrected chi connectivity index (χ3v) is 3.79. The molecule has 0 amide bonds. The largest absolute Gasteiger partial charge is 0.377 e. The minimum absolute atomic E-state index is 0.774. The van der Waals surface area contributed by atoms with E-state index in [0.29, 0.717) is 0 Å². The van der Waals surface area contributed by atoms with E-state index >= 15 is 0 Å². The Morgan fingerprint density at radius 3 is 2.82 bits per heavy atom. The molecule has 0 aliphatic carbocycles. The summed E-state index contributed by atoms with van der Waals surface area (Å²) in [5.41, 5.74) is 1.36. The van der Waals surface area contributed by atoms with Gasteiger partial charge in [0.05, 0.1) is 6.61 Å². The van der Waals surface area contributed by atoms with Crippen LogP contribution >= 0.6 is 11.3 Å². The van der Waals surface area contributed by atoms with Gasteiger partial charge < -0.3 is 10.1 Å². The molecule has 0 bridgehead atoms. The second-order valence-corrected chi connectivity index (χ2v) is 5.72. The number of thiophene rings is 1. The lowest BCUT2D eigenvalue weighted by molar-refractivity contribution is 0.118. The maximum absolute atomic E-state index is 5.67. The molecule has 0 unspecified atom stereocenters. The van der Waals surface area contributed by atoms with Crippen LogP contribution in [0.2, 0.25) is 0 Å². The molecule has 0 aromatic carbocycles. The van der Waals surface area contributed by atoms with Crippen LogP contribution in [-0.4, -0.2) is 13.2 Å². The van der Waals surface area contributed by atoms with Gasteiger partial charge in [-0.25, -0.2) is 0 Å². The summed E-state index contributed by atoms with van der Waals surface area (Å²) in [5, 5.41) is 3.44. The molecule has 0 saturated heterocycles.